The third-order valence-corrected chi connectivity index (χ3v) is 2.76. The van der Waals surface area contributed by atoms with Gasteiger partial charge in [0.15, 0.2) is 0 Å². The minimum Gasteiger partial charge on any atom is -0.496 e. The molecule has 1 atom stereocenters. The predicted octanol–water partition coefficient (Wildman–Crippen LogP) is 1.64. The van der Waals surface area contributed by atoms with Crippen LogP contribution in [0.3, 0.4) is 0 Å². The van der Waals surface area contributed by atoms with E-state index in [4.69, 9.17) is 21.4 Å². The van der Waals surface area contributed by atoms with E-state index in [1.54, 1.807) is 14.0 Å². The lowest BCUT2D eigenvalue weighted by molar-refractivity contribution is -0.131. The van der Waals surface area contributed by atoms with E-state index in [1.807, 2.05) is 24.3 Å². The molecular formula is C13H18ClNO3. The van der Waals surface area contributed by atoms with E-state index in [9.17, 15) is 4.79 Å². The van der Waals surface area contributed by atoms with E-state index in [-0.39, 0.29) is 19.1 Å². The maximum atomic E-state index is 11.9. The number of hydrogen-bond acceptors (Lipinski definition) is 3. The fraction of sp³-hybridized carbons (Fsp3) is 0.462. The number of aliphatic hydroxyl groups excluding tert-OH is 1. The smallest absolute Gasteiger partial charge is 0.240 e. The number of alkyl halides is 1. The number of nitrogens with zero attached hydrogens (tertiary/aromatic N) is 1. The predicted molar refractivity (Wildman–Crippen MR) is 70.8 cm³/mol. The highest BCUT2D eigenvalue weighted by Crippen LogP contribution is 2.19. The van der Waals surface area contributed by atoms with Gasteiger partial charge in [0.1, 0.15) is 11.1 Å². The zero-order valence-electron chi connectivity index (χ0n) is 10.6. The molecule has 0 saturated carbocycles. The Morgan fingerprint density at radius 3 is 2.72 bits per heavy atom. The van der Waals surface area contributed by atoms with Gasteiger partial charge < -0.3 is 14.7 Å². The number of carbonyl (C=O) groups excluding carboxylic acids is 1. The Balaban J connectivity index is 2.86. The summed E-state index contributed by atoms with van der Waals surface area (Å²) in [7, 11) is 1.58. The minimum atomic E-state index is -0.605. The van der Waals surface area contributed by atoms with Crippen molar-refractivity contribution in [2.75, 3.05) is 20.3 Å². The summed E-state index contributed by atoms with van der Waals surface area (Å²) in [6.45, 7) is 2.16. The van der Waals surface area contributed by atoms with E-state index in [0.29, 0.717) is 6.54 Å². The molecule has 0 aliphatic rings. The molecule has 100 valence electrons. The molecule has 1 aromatic carbocycles. The molecule has 1 aromatic rings. The SMILES string of the molecule is COc1ccccc1CN(CCO)C(=O)C(C)Cl. The summed E-state index contributed by atoms with van der Waals surface area (Å²) in [6.07, 6.45) is 0. The number of carbonyl (C=O) groups is 1. The van der Waals surface area contributed by atoms with Gasteiger partial charge >= 0.3 is 0 Å². The van der Waals surface area contributed by atoms with E-state index in [2.05, 4.69) is 0 Å². The van der Waals surface area contributed by atoms with Crippen molar-refractivity contribution < 1.29 is 14.6 Å². The van der Waals surface area contributed by atoms with Crippen LogP contribution in [0.2, 0.25) is 0 Å². The number of halogens is 1. The van der Waals surface area contributed by atoms with Crippen LogP contribution in [0.4, 0.5) is 0 Å². The number of amides is 1. The molecule has 0 fully saturated rings. The van der Waals surface area contributed by atoms with Gasteiger partial charge in [-0.1, -0.05) is 18.2 Å². The normalized spacial score (nSPS) is 12.0. The zero-order valence-corrected chi connectivity index (χ0v) is 11.4. The summed E-state index contributed by atoms with van der Waals surface area (Å²) in [5, 5.41) is 8.40. The van der Waals surface area contributed by atoms with Gasteiger partial charge in [0.05, 0.1) is 13.7 Å². The van der Waals surface area contributed by atoms with Gasteiger partial charge in [-0.2, -0.15) is 0 Å². The summed E-state index contributed by atoms with van der Waals surface area (Å²) < 4.78 is 5.23. The molecule has 0 saturated heterocycles. The van der Waals surface area contributed by atoms with E-state index < -0.39 is 5.38 Å². The van der Waals surface area contributed by atoms with Crippen molar-refractivity contribution in [3.8, 4) is 5.75 Å². The third kappa shape index (κ3) is 3.89. The second-order valence-electron chi connectivity index (χ2n) is 3.91. The number of methoxy groups -OCH3 is 1. The van der Waals surface area contributed by atoms with Gasteiger partial charge in [-0.15, -0.1) is 11.6 Å². The number of benzene rings is 1. The summed E-state index contributed by atoms with van der Waals surface area (Å²) in [5.74, 6) is 0.520. The Morgan fingerprint density at radius 1 is 1.50 bits per heavy atom. The lowest BCUT2D eigenvalue weighted by atomic mass is 10.2. The van der Waals surface area contributed by atoms with Gasteiger partial charge in [-0.05, 0) is 13.0 Å². The molecule has 5 heteroatoms. The standard InChI is InChI=1S/C13H18ClNO3/c1-10(14)13(17)15(7-8-16)9-11-5-3-4-6-12(11)18-2/h3-6,10,16H,7-9H2,1-2H3. The van der Waals surface area contributed by atoms with Gasteiger partial charge in [0.25, 0.3) is 0 Å². The molecule has 0 aromatic heterocycles. The van der Waals surface area contributed by atoms with Crippen molar-refractivity contribution in [3.05, 3.63) is 29.8 Å². The highest BCUT2D eigenvalue weighted by Gasteiger charge is 2.19. The number of hydrogen-bond donors (Lipinski definition) is 1. The Morgan fingerprint density at radius 2 is 2.17 bits per heavy atom. The lowest BCUT2D eigenvalue weighted by Gasteiger charge is -2.23. The maximum Gasteiger partial charge on any atom is 0.240 e. The van der Waals surface area contributed by atoms with Crippen LogP contribution in [0, 0.1) is 0 Å². The number of ether oxygens (including phenoxy) is 1. The number of rotatable bonds is 6. The topological polar surface area (TPSA) is 49.8 Å². The second-order valence-corrected chi connectivity index (χ2v) is 4.57. The third-order valence-electron chi connectivity index (χ3n) is 2.58. The number of para-hydroxylation sites is 1. The van der Waals surface area contributed by atoms with Crippen LogP contribution < -0.4 is 4.74 Å². The van der Waals surface area contributed by atoms with Crippen LogP contribution in [0.5, 0.6) is 5.75 Å². The second kappa shape index (κ2) is 7.24. The Labute approximate surface area is 112 Å². The van der Waals surface area contributed by atoms with E-state index in [1.165, 1.54) is 4.90 Å². The van der Waals surface area contributed by atoms with E-state index in [0.717, 1.165) is 11.3 Å². The molecule has 0 bridgehead atoms. The van der Waals surface area contributed by atoms with E-state index >= 15 is 0 Å². The van der Waals surface area contributed by atoms with Crippen molar-refractivity contribution in [1.29, 1.82) is 0 Å². The molecular weight excluding hydrogens is 254 g/mol. The molecule has 4 nitrogen and oxygen atoms in total. The van der Waals surface area contributed by atoms with Crippen LogP contribution in [0.1, 0.15) is 12.5 Å². The first-order valence-electron chi connectivity index (χ1n) is 5.75. The summed E-state index contributed by atoms with van der Waals surface area (Å²) in [6, 6.07) is 7.46. The van der Waals surface area contributed by atoms with Gasteiger partial charge in [0.2, 0.25) is 5.91 Å². The fourth-order valence-corrected chi connectivity index (χ4v) is 1.82. The van der Waals surface area contributed by atoms with Gasteiger partial charge in [-0.3, -0.25) is 4.79 Å². The summed E-state index contributed by atoms with van der Waals surface area (Å²) in [5.41, 5.74) is 0.888. The maximum absolute atomic E-state index is 11.9. The van der Waals surface area contributed by atoms with Crippen molar-refractivity contribution >= 4 is 17.5 Å². The summed E-state index contributed by atoms with van der Waals surface area (Å²) >= 11 is 5.79. The van der Waals surface area contributed by atoms with Crippen LogP contribution in [0.15, 0.2) is 24.3 Å². The summed E-state index contributed by atoms with van der Waals surface area (Å²) in [4.78, 5) is 13.4. The Hall–Kier alpha value is -1.26. The van der Waals surface area contributed by atoms with Crippen molar-refractivity contribution in [1.82, 2.24) is 4.90 Å². The molecule has 0 radical (unpaired) electrons. The highest BCUT2D eigenvalue weighted by molar-refractivity contribution is 6.30. The molecule has 0 aliphatic carbocycles. The molecule has 0 aliphatic heterocycles. The zero-order chi connectivity index (χ0) is 13.5. The van der Waals surface area contributed by atoms with Gasteiger partial charge in [-0.25, -0.2) is 0 Å². The first-order valence-corrected chi connectivity index (χ1v) is 6.19. The Bertz CT molecular complexity index is 396. The van der Waals surface area contributed by atoms with Crippen LogP contribution in [-0.4, -0.2) is 41.6 Å². The van der Waals surface area contributed by atoms with Crippen LogP contribution in [-0.2, 0) is 11.3 Å². The highest BCUT2D eigenvalue weighted by atomic mass is 35.5. The monoisotopic (exact) mass is 271 g/mol. The first-order chi connectivity index (χ1) is 8.60. The lowest BCUT2D eigenvalue weighted by Crippen LogP contribution is -2.37. The molecule has 18 heavy (non-hydrogen) atoms. The Kier molecular flexibility index (Phi) is 5.95. The fourth-order valence-electron chi connectivity index (χ4n) is 1.68. The average Bonchev–Trinajstić information content (AvgIpc) is 2.37. The molecule has 1 N–H and O–H groups in total. The quantitative estimate of drug-likeness (QED) is 0.801. The molecule has 1 rings (SSSR count). The molecule has 1 unspecified atom stereocenters. The molecule has 1 amide bonds. The van der Waals surface area contributed by atoms with Crippen LogP contribution in [0.25, 0.3) is 0 Å². The average molecular weight is 272 g/mol. The first kappa shape index (κ1) is 14.8. The minimum absolute atomic E-state index is 0.0928. The van der Waals surface area contributed by atoms with Crippen LogP contribution >= 0.6 is 11.6 Å². The van der Waals surface area contributed by atoms with Crippen molar-refractivity contribution in [2.45, 2.75) is 18.8 Å². The van der Waals surface area contributed by atoms with Crippen molar-refractivity contribution in [3.63, 3.8) is 0 Å². The van der Waals surface area contributed by atoms with Crippen molar-refractivity contribution in [2.24, 2.45) is 0 Å². The van der Waals surface area contributed by atoms with Gasteiger partial charge in [0, 0.05) is 18.7 Å². The molecule has 0 heterocycles. The number of aliphatic hydroxyl groups is 1. The molecule has 0 spiro atoms. The largest absolute Gasteiger partial charge is 0.496 e.